The molecule has 0 aromatic heterocycles. The summed E-state index contributed by atoms with van der Waals surface area (Å²) >= 11 is 0. The maximum Gasteiger partial charge on any atom is 0.0498 e. The Morgan fingerprint density at radius 3 is 2.88 bits per heavy atom. The SMILES string of the molecule is COCCC(C)Nc1cccc(S(C)=O)c1. The van der Waals surface area contributed by atoms with Gasteiger partial charge in [0.05, 0.1) is 0 Å². The van der Waals surface area contributed by atoms with Crippen LogP contribution in [0.15, 0.2) is 29.2 Å². The first-order valence-electron chi connectivity index (χ1n) is 5.32. The zero-order valence-electron chi connectivity index (χ0n) is 10.0. The van der Waals surface area contributed by atoms with E-state index in [1.54, 1.807) is 13.4 Å². The third-order valence-electron chi connectivity index (χ3n) is 2.33. The molecule has 0 heterocycles. The topological polar surface area (TPSA) is 38.3 Å². The van der Waals surface area contributed by atoms with E-state index in [0.717, 1.165) is 23.6 Å². The summed E-state index contributed by atoms with van der Waals surface area (Å²) in [5, 5.41) is 3.36. The highest BCUT2D eigenvalue weighted by molar-refractivity contribution is 7.84. The maximum absolute atomic E-state index is 11.3. The van der Waals surface area contributed by atoms with Gasteiger partial charge < -0.3 is 10.1 Å². The monoisotopic (exact) mass is 241 g/mol. The van der Waals surface area contributed by atoms with Crippen LogP contribution < -0.4 is 5.32 Å². The second-order valence-electron chi connectivity index (χ2n) is 3.81. The van der Waals surface area contributed by atoms with E-state index in [9.17, 15) is 4.21 Å². The molecule has 0 spiro atoms. The Bertz CT molecular complexity index is 355. The lowest BCUT2D eigenvalue weighted by molar-refractivity contribution is 0.191. The Morgan fingerprint density at radius 1 is 1.50 bits per heavy atom. The van der Waals surface area contributed by atoms with Crippen LogP contribution in [0.3, 0.4) is 0 Å². The average molecular weight is 241 g/mol. The number of hydrogen-bond acceptors (Lipinski definition) is 3. The van der Waals surface area contributed by atoms with Gasteiger partial charge in [0.1, 0.15) is 0 Å². The van der Waals surface area contributed by atoms with Gasteiger partial charge in [0, 0.05) is 47.4 Å². The Balaban J connectivity index is 2.59. The molecule has 1 N–H and O–H groups in total. The second-order valence-corrected chi connectivity index (χ2v) is 5.19. The Labute approximate surface area is 99.7 Å². The van der Waals surface area contributed by atoms with Crippen molar-refractivity contribution in [2.75, 3.05) is 25.3 Å². The van der Waals surface area contributed by atoms with Gasteiger partial charge in [-0.2, -0.15) is 0 Å². The highest BCUT2D eigenvalue weighted by atomic mass is 32.2. The van der Waals surface area contributed by atoms with Crippen LogP contribution in [-0.2, 0) is 15.5 Å². The summed E-state index contributed by atoms with van der Waals surface area (Å²) in [6, 6.07) is 8.06. The van der Waals surface area contributed by atoms with E-state index in [2.05, 4.69) is 12.2 Å². The van der Waals surface area contributed by atoms with E-state index in [1.165, 1.54) is 0 Å². The first kappa shape index (κ1) is 13.2. The number of hydrogen-bond donors (Lipinski definition) is 1. The molecule has 4 heteroatoms. The number of rotatable bonds is 6. The summed E-state index contributed by atoms with van der Waals surface area (Å²) in [6.45, 7) is 2.85. The van der Waals surface area contributed by atoms with Gasteiger partial charge in [-0.25, -0.2) is 0 Å². The second kappa shape index (κ2) is 6.66. The van der Waals surface area contributed by atoms with Crippen LogP contribution in [-0.4, -0.2) is 30.2 Å². The third kappa shape index (κ3) is 4.33. The standard InChI is InChI=1S/C12H19NO2S/c1-10(7-8-15-2)13-11-5-4-6-12(9-11)16(3)14/h4-6,9-10,13H,7-8H2,1-3H3. The number of ether oxygens (including phenoxy) is 1. The van der Waals surface area contributed by atoms with Crippen LogP contribution in [0.1, 0.15) is 13.3 Å². The lowest BCUT2D eigenvalue weighted by atomic mass is 10.2. The van der Waals surface area contributed by atoms with Gasteiger partial charge in [-0.05, 0) is 31.5 Å². The lowest BCUT2D eigenvalue weighted by Gasteiger charge is -2.15. The van der Waals surface area contributed by atoms with Crippen molar-refractivity contribution in [3.05, 3.63) is 24.3 Å². The van der Waals surface area contributed by atoms with Gasteiger partial charge in [0.15, 0.2) is 0 Å². The summed E-state index contributed by atoms with van der Waals surface area (Å²) in [6.07, 6.45) is 2.64. The molecule has 2 atom stereocenters. The van der Waals surface area contributed by atoms with E-state index in [1.807, 2.05) is 24.3 Å². The van der Waals surface area contributed by atoms with Crippen LogP contribution in [0.4, 0.5) is 5.69 Å². The molecular formula is C12H19NO2S. The van der Waals surface area contributed by atoms with Gasteiger partial charge in [0.25, 0.3) is 0 Å². The van der Waals surface area contributed by atoms with Crippen molar-refractivity contribution in [1.29, 1.82) is 0 Å². The zero-order chi connectivity index (χ0) is 12.0. The minimum Gasteiger partial charge on any atom is -0.385 e. The van der Waals surface area contributed by atoms with Crippen LogP contribution in [0, 0.1) is 0 Å². The fourth-order valence-corrected chi connectivity index (χ4v) is 1.98. The molecule has 0 amide bonds. The molecule has 16 heavy (non-hydrogen) atoms. The van der Waals surface area contributed by atoms with E-state index in [4.69, 9.17) is 4.74 Å². The summed E-state index contributed by atoms with van der Waals surface area (Å²) in [7, 11) is 0.778. The number of methoxy groups -OCH3 is 1. The zero-order valence-corrected chi connectivity index (χ0v) is 10.8. The van der Waals surface area contributed by atoms with Crippen LogP contribution in [0.25, 0.3) is 0 Å². The van der Waals surface area contributed by atoms with Crippen molar-refractivity contribution in [2.24, 2.45) is 0 Å². The van der Waals surface area contributed by atoms with Crippen molar-refractivity contribution < 1.29 is 8.95 Å². The number of anilines is 1. The molecular weight excluding hydrogens is 222 g/mol. The Hall–Kier alpha value is -0.870. The smallest absolute Gasteiger partial charge is 0.0498 e. The van der Waals surface area contributed by atoms with Crippen LogP contribution in [0.2, 0.25) is 0 Å². The molecule has 1 aromatic carbocycles. The predicted octanol–water partition coefficient (Wildman–Crippen LogP) is 2.26. The maximum atomic E-state index is 11.3. The summed E-state index contributed by atoms with van der Waals surface area (Å²) in [5.41, 5.74) is 1.01. The van der Waals surface area contributed by atoms with Crippen molar-refractivity contribution in [1.82, 2.24) is 0 Å². The number of benzene rings is 1. The molecule has 90 valence electrons. The van der Waals surface area contributed by atoms with E-state index in [-0.39, 0.29) is 0 Å². The first-order chi connectivity index (χ1) is 7.63. The fourth-order valence-electron chi connectivity index (χ4n) is 1.42. The van der Waals surface area contributed by atoms with Gasteiger partial charge in [0.2, 0.25) is 0 Å². The molecule has 1 aromatic rings. The van der Waals surface area contributed by atoms with Gasteiger partial charge in [-0.3, -0.25) is 4.21 Å². The summed E-state index contributed by atoms with van der Waals surface area (Å²) in [4.78, 5) is 0.851. The Morgan fingerprint density at radius 2 is 2.25 bits per heavy atom. The summed E-state index contributed by atoms with van der Waals surface area (Å²) in [5.74, 6) is 0. The van der Waals surface area contributed by atoms with Gasteiger partial charge >= 0.3 is 0 Å². The predicted molar refractivity (Wildman–Crippen MR) is 68.4 cm³/mol. The molecule has 0 aliphatic heterocycles. The molecule has 0 aliphatic rings. The largest absolute Gasteiger partial charge is 0.385 e. The quantitative estimate of drug-likeness (QED) is 0.830. The van der Waals surface area contributed by atoms with Crippen molar-refractivity contribution in [3.63, 3.8) is 0 Å². The molecule has 0 bridgehead atoms. The molecule has 0 fully saturated rings. The van der Waals surface area contributed by atoms with Crippen molar-refractivity contribution in [2.45, 2.75) is 24.3 Å². The minimum atomic E-state index is -0.924. The third-order valence-corrected chi connectivity index (χ3v) is 3.25. The highest BCUT2D eigenvalue weighted by Gasteiger charge is 2.03. The molecule has 2 unspecified atom stereocenters. The van der Waals surface area contributed by atoms with E-state index in [0.29, 0.717) is 6.04 Å². The van der Waals surface area contributed by atoms with Crippen LogP contribution in [0.5, 0.6) is 0 Å². The first-order valence-corrected chi connectivity index (χ1v) is 6.88. The molecule has 0 radical (unpaired) electrons. The lowest BCUT2D eigenvalue weighted by Crippen LogP contribution is -2.17. The average Bonchev–Trinajstić information content (AvgIpc) is 2.26. The normalized spacial score (nSPS) is 14.4. The highest BCUT2D eigenvalue weighted by Crippen LogP contribution is 2.14. The molecule has 3 nitrogen and oxygen atoms in total. The fraction of sp³-hybridized carbons (Fsp3) is 0.500. The van der Waals surface area contributed by atoms with E-state index < -0.39 is 10.8 Å². The molecule has 0 saturated heterocycles. The van der Waals surface area contributed by atoms with E-state index >= 15 is 0 Å². The Kier molecular flexibility index (Phi) is 5.49. The number of nitrogens with one attached hydrogen (secondary N) is 1. The molecule has 0 aliphatic carbocycles. The summed E-state index contributed by atoms with van der Waals surface area (Å²) < 4.78 is 16.3. The molecule has 0 saturated carbocycles. The molecule has 1 rings (SSSR count). The van der Waals surface area contributed by atoms with Gasteiger partial charge in [-0.15, -0.1) is 0 Å². The van der Waals surface area contributed by atoms with Crippen molar-refractivity contribution >= 4 is 16.5 Å². The minimum absolute atomic E-state index is 0.348. The van der Waals surface area contributed by atoms with Crippen molar-refractivity contribution in [3.8, 4) is 0 Å². The van der Waals surface area contributed by atoms with Gasteiger partial charge in [-0.1, -0.05) is 6.07 Å². The van der Waals surface area contributed by atoms with Crippen LogP contribution >= 0.6 is 0 Å².